The third-order valence-electron chi connectivity index (χ3n) is 1.77. The number of hydrogen-bond donors (Lipinski definition) is 1. The summed E-state index contributed by atoms with van der Waals surface area (Å²) in [6.45, 7) is 4.01. The van der Waals surface area contributed by atoms with Gasteiger partial charge in [-0.1, -0.05) is 13.8 Å². The average molecular weight is 173 g/mol. The van der Waals surface area contributed by atoms with Crippen LogP contribution in [0.1, 0.15) is 39.5 Å². The predicted octanol–water partition coefficient (Wildman–Crippen LogP) is 1.46. The maximum absolute atomic E-state index is 10.6. The maximum atomic E-state index is 10.6. The number of esters is 1. The molecule has 0 aromatic carbocycles. The van der Waals surface area contributed by atoms with Crippen LogP contribution in [0.2, 0.25) is 0 Å². The third-order valence-corrected chi connectivity index (χ3v) is 1.77. The lowest BCUT2D eigenvalue weighted by molar-refractivity contribution is -0.146. The number of nitrogens with two attached hydrogens (primary N) is 1. The van der Waals surface area contributed by atoms with Crippen LogP contribution < -0.4 is 5.73 Å². The van der Waals surface area contributed by atoms with E-state index in [1.54, 1.807) is 0 Å². The Morgan fingerprint density at radius 3 is 2.33 bits per heavy atom. The van der Waals surface area contributed by atoms with Gasteiger partial charge in [0.2, 0.25) is 0 Å². The first-order valence-electron chi connectivity index (χ1n) is 4.72. The molecule has 0 atom stereocenters. The van der Waals surface area contributed by atoms with Gasteiger partial charge in [-0.15, -0.1) is 0 Å². The molecule has 0 spiro atoms. The van der Waals surface area contributed by atoms with E-state index in [4.69, 9.17) is 10.5 Å². The van der Waals surface area contributed by atoms with Crippen molar-refractivity contribution in [2.45, 2.75) is 45.6 Å². The van der Waals surface area contributed by atoms with Crippen LogP contribution in [0, 0.1) is 0 Å². The molecule has 1 rings (SSSR count). The first-order chi connectivity index (χ1) is 5.83. The van der Waals surface area contributed by atoms with Crippen LogP contribution in [0.3, 0.4) is 0 Å². The summed E-state index contributed by atoms with van der Waals surface area (Å²) in [7, 11) is 0. The van der Waals surface area contributed by atoms with Gasteiger partial charge in [0.25, 0.3) is 0 Å². The number of carbonyl (C=O) groups is 1. The van der Waals surface area contributed by atoms with Gasteiger partial charge < -0.3 is 10.5 Å². The molecule has 0 bridgehead atoms. The quantitative estimate of drug-likeness (QED) is 0.643. The van der Waals surface area contributed by atoms with E-state index in [0.717, 1.165) is 12.8 Å². The third kappa shape index (κ3) is 4.34. The minimum absolute atomic E-state index is 0.0104. The molecule has 0 amide bonds. The lowest BCUT2D eigenvalue weighted by Crippen LogP contribution is -2.21. The van der Waals surface area contributed by atoms with Crippen molar-refractivity contribution in [1.29, 1.82) is 0 Å². The van der Waals surface area contributed by atoms with Crippen LogP contribution in [0.15, 0.2) is 0 Å². The predicted molar refractivity (Wildman–Crippen MR) is 48.8 cm³/mol. The fourth-order valence-electron chi connectivity index (χ4n) is 1.24. The first-order valence-corrected chi connectivity index (χ1v) is 4.72. The molecular formula is C9H19NO2. The van der Waals surface area contributed by atoms with E-state index >= 15 is 0 Å². The summed E-state index contributed by atoms with van der Waals surface area (Å²) in [6.07, 6.45) is 4.57. The molecule has 0 saturated heterocycles. The van der Waals surface area contributed by atoms with E-state index in [9.17, 15) is 4.79 Å². The molecule has 1 aliphatic carbocycles. The SMILES string of the molecule is CC.NCC(=O)OC1CCCC1. The molecule has 1 aliphatic rings. The summed E-state index contributed by atoms with van der Waals surface area (Å²) >= 11 is 0. The summed E-state index contributed by atoms with van der Waals surface area (Å²) < 4.78 is 5.00. The summed E-state index contributed by atoms with van der Waals surface area (Å²) in [4.78, 5) is 10.6. The zero-order valence-corrected chi connectivity index (χ0v) is 8.01. The van der Waals surface area contributed by atoms with Crippen molar-refractivity contribution in [3.63, 3.8) is 0 Å². The Morgan fingerprint density at radius 2 is 1.92 bits per heavy atom. The van der Waals surface area contributed by atoms with Crippen molar-refractivity contribution in [2.75, 3.05) is 6.54 Å². The van der Waals surface area contributed by atoms with E-state index in [1.165, 1.54) is 12.8 Å². The zero-order chi connectivity index (χ0) is 9.40. The van der Waals surface area contributed by atoms with E-state index in [-0.39, 0.29) is 18.6 Å². The van der Waals surface area contributed by atoms with Crippen molar-refractivity contribution in [3.8, 4) is 0 Å². The van der Waals surface area contributed by atoms with Gasteiger partial charge in [-0.05, 0) is 25.7 Å². The highest BCUT2D eigenvalue weighted by atomic mass is 16.5. The minimum Gasteiger partial charge on any atom is -0.461 e. The molecule has 0 aromatic heterocycles. The summed E-state index contributed by atoms with van der Waals surface area (Å²) in [6, 6.07) is 0. The topological polar surface area (TPSA) is 52.3 Å². The van der Waals surface area contributed by atoms with E-state index in [0.29, 0.717) is 0 Å². The Hall–Kier alpha value is -0.570. The van der Waals surface area contributed by atoms with Gasteiger partial charge in [0.15, 0.2) is 0 Å². The van der Waals surface area contributed by atoms with Crippen LogP contribution in [-0.2, 0) is 9.53 Å². The Labute approximate surface area is 74.3 Å². The molecule has 0 aromatic rings. The maximum Gasteiger partial charge on any atom is 0.319 e. The highest BCUT2D eigenvalue weighted by Crippen LogP contribution is 2.20. The number of hydrogen-bond acceptors (Lipinski definition) is 3. The van der Waals surface area contributed by atoms with Gasteiger partial charge in [0.05, 0.1) is 6.54 Å². The van der Waals surface area contributed by atoms with Crippen molar-refractivity contribution in [1.82, 2.24) is 0 Å². The number of ether oxygens (including phenoxy) is 1. The van der Waals surface area contributed by atoms with E-state index in [2.05, 4.69) is 0 Å². The van der Waals surface area contributed by atoms with Crippen LogP contribution in [0.4, 0.5) is 0 Å². The van der Waals surface area contributed by atoms with Gasteiger partial charge in [-0.25, -0.2) is 0 Å². The van der Waals surface area contributed by atoms with Gasteiger partial charge in [-0.2, -0.15) is 0 Å². The fraction of sp³-hybridized carbons (Fsp3) is 0.889. The monoisotopic (exact) mass is 173 g/mol. The highest BCUT2D eigenvalue weighted by molar-refractivity contribution is 5.71. The standard InChI is InChI=1S/C7H13NO2.C2H6/c8-5-7(9)10-6-3-1-2-4-6;1-2/h6H,1-5,8H2;1-2H3. The molecular weight excluding hydrogens is 154 g/mol. The summed E-state index contributed by atoms with van der Waals surface area (Å²) in [5.41, 5.74) is 5.08. The fourth-order valence-corrected chi connectivity index (χ4v) is 1.24. The smallest absolute Gasteiger partial charge is 0.319 e. The number of carbonyl (C=O) groups excluding carboxylic acids is 1. The molecule has 12 heavy (non-hydrogen) atoms. The van der Waals surface area contributed by atoms with Crippen LogP contribution in [-0.4, -0.2) is 18.6 Å². The van der Waals surface area contributed by atoms with Crippen molar-refractivity contribution in [2.24, 2.45) is 5.73 Å². The lowest BCUT2D eigenvalue weighted by Gasteiger charge is -2.08. The van der Waals surface area contributed by atoms with Crippen molar-refractivity contribution in [3.05, 3.63) is 0 Å². The van der Waals surface area contributed by atoms with Gasteiger partial charge in [0, 0.05) is 0 Å². The van der Waals surface area contributed by atoms with Crippen LogP contribution in [0.5, 0.6) is 0 Å². The largest absolute Gasteiger partial charge is 0.461 e. The minimum atomic E-state index is -0.271. The second kappa shape index (κ2) is 7.10. The summed E-state index contributed by atoms with van der Waals surface area (Å²) in [5, 5.41) is 0. The van der Waals surface area contributed by atoms with E-state index < -0.39 is 0 Å². The average Bonchev–Trinajstić information content (AvgIpc) is 2.60. The molecule has 1 saturated carbocycles. The van der Waals surface area contributed by atoms with E-state index in [1.807, 2.05) is 13.8 Å². The molecule has 2 N–H and O–H groups in total. The normalized spacial score (nSPS) is 16.6. The summed E-state index contributed by atoms with van der Waals surface area (Å²) in [5.74, 6) is -0.271. The second-order valence-corrected chi connectivity index (χ2v) is 2.60. The zero-order valence-electron chi connectivity index (χ0n) is 8.01. The lowest BCUT2D eigenvalue weighted by atomic mass is 10.3. The first kappa shape index (κ1) is 11.4. The van der Waals surface area contributed by atoms with Crippen LogP contribution >= 0.6 is 0 Å². The second-order valence-electron chi connectivity index (χ2n) is 2.60. The molecule has 0 unspecified atom stereocenters. The Kier molecular flexibility index (Phi) is 6.76. The Balaban J connectivity index is 0.000000561. The molecule has 3 nitrogen and oxygen atoms in total. The molecule has 1 fully saturated rings. The van der Waals surface area contributed by atoms with Crippen LogP contribution in [0.25, 0.3) is 0 Å². The van der Waals surface area contributed by atoms with Gasteiger partial charge in [-0.3, -0.25) is 4.79 Å². The van der Waals surface area contributed by atoms with Crippen molar-refractivity contribution < 1.29 is 9.53 Å². The molecule has 3 heteroatoms. The number of rotatable bonds is 2. The van der Waals surface area contributed by atoms with Crippen molar-refractivity contribution >= 4 is 5.97 Å². The molecule has 0 heterocycles. The highest BCUT2D eigenvalue weighted by Gasteiger charge is 2.17. The molecule has 72 valence electrons. The van der Waals surface area contributed by atoms with Gasteiger partial charge in [0.1, 0.15) is 6.10 Å². The van der Waals surface area contributed by atoms with Gasteiger partial charge >= 0.3 is 5.97 Å². The molecule has 0 radical (unpaired) electrons. The Morgan fingerprint density at radius 1 is 1.42 bits per heavy atom. The Bertz CT molecular complexity index is 120. The molecule has 0 aliphatic heterocycles.